The molecule has 1 amide bonds. The molecule has 2 saturated heterocycles. The van der Waals surface area contributed by atoms with Gasteiger partial charge >= 0.3 is 0 Å². The second-order valence-electron chi connectivity index (χ2n) is 10.4. The number of aliphatic hydroxyl groups is 1. The van der Waals surface area contributed by atoms with Crippen molar-refractivity contribution in [1.82, 2.24) is 19.8 Å². The average molecular weight is 511 g/mol. The highest BCUT2D eigenvalue weighted by atomic mass is 19.1. The van der Waals surface area contributed by atoms with E-state index in [1.807, 2.05) is 48.7 Å². The van der Waals surface area contributed by atoms with E-state index in [1.54, 1.807) is 18.2 Å². The van der Waals surface area contributed by atoms with Crippen LogP contribution in [-0.4, -0.2) is 63.4 Å². The third-order valence-corrected chi connectivity index (χ3v) is 7.66. The Hall–Kier alpha value is -3.14. The van der Waals surface area contributed by atoms with E-state index in [0.29, 0.717) is 18.9 Å². The molecule has 3 aromatic rings. The third-order valence-electron chi connectivity index (χ3n) is 7.66. The molecule has 196 valence electrons. The lowest BCUT2D eigenvalue weighted by Gasteiger charge is -2.46. The van der Waals surface area contributed by atoms with E-state index in [1.165, 1.54) is 0 Å². The summed E-state index contributed by atoms with van der Waals surface area (Å²) in [5.74, 6) is -1.01. The predicted octanol–water partition coefficient (Wildman–Crippen LogP) is 3.52. The van der Waals surface area contributed by atoms with Gasteiger partial charge in [-0.25, -0.2) is 13.8 Å². The number of hydrogen-bond acceptors (Lipinski definition) is 5. The molecule has 2 aliphatic rings. The van der Waals surface area contributed by atoms with Crippen LogP contribution in [0.25, 0.3) is 11.3 Å². The first-order valence-electron chi connectivity index (χ1n) is 12.5. The molecule has 0 spiro atoms. The minimum absolute atomic E-state index is 0.0343. The maximum atomic E-state index is 14.8. The Labute approximate surface area is 215 Å². The number of carbonyl (C=O) groups excluding carboxylic acids is 1. The first-order chi connectivity index (χ1) is 17.7. The summed E-state index contributed by atoms with van der Waals surface area (Å²) in [6.45, 7) is 5.28. The van der Waals surface area contributed by atoms with Crippen LogP contribution in [-0.2, 0) is 16.1 Å². The molecular formula is C28H32F2N4O3. The van der Waals surface area contributed by atoms with Crippen molar-refractivity contribution in [3.05, 3.63) is 77.8 Å². The fourth-order valence-corrected chi connectivity index (χ4v) is 5.57. The summed E-state index contributed by atoms with van der Waals surface area (Å²) in [6, 6.07) is 12.0. The van der Waals surface area contributed by atoms with Gasteiger partial charge in [-0.15, -0.1) is 0 Å². The molecule has 1 unspecified atom stereocenters. The van der Waals surface area contributed by atoms with Gasteiger partial charge in [-0.1, -0.05) is 30.3 Å². The van der Waals surface area contributed by atoms with Crippen molar-refractivity contribution in [2.45, 2.75) is 50.6 Å². The number of benzene rings is 2. The molecule has 9 heteroatoms. The monoisotopic (exact) mass is 510 g/mol. The second kappa shape index (κ2) is 9.96. The molecule has 7 nitrogen and oxygen atoms in total. The van der Waals surface area contributed by atoms with Crippen LogP contribution < -0.4 is 5.32 Å². The summed E-state index contributed by atoms with van der Waals surface area (Å²) in [5.41, 5.74) is 0.356. The zero-order valence-corrected chi connectivity index (χ0v) is 21.2. The highest BCUT2D eigenvalue weighted by Gasteiger charge is 2.50. The number of halogens is 2. The van der Waals surface area contributed by atoms with Crippen LogP contribution in [0, 0.1) is 17.6 Å². The lowest BCUT2D eigenvalue weighted by Crippen LogP contribution is -2.61. The molecule has 2 N–H and O–H groups in total. The Kier molecular flexibility index (Phi) is 6.87. The standard InChI is InChI=1S/C28H32F2N4O3/c1-28(2,37-3)25(34-15-18-11-12-31-23(18)24(35)27(34)36)26-32-22(20-13-19(29)9-10-21(20)30)16-33(26)14-17-7-5-4-6-8-17/h4-10,13,16,18,23-25,31,35H,11-12,14-15H2,1-3H3/t18-,23?,24+,25+/m1/s1. The quantitative estimate of drug-likeness (QED) is 0.509. The van der Waals surface area contributed by atoms with Crippen LogP contribution in [0.2, 0.25) is 0 Å². The Morgan fingerprint density at radius 3 is 2.70 bits per heavy atom. The maximum absolute atomic E-state index is 14.8. The number of hydrogen-bond donors (Lipinski definition) is 2. The van der Waals surface area contributed by atoms with Crippen LogP contribution in [0.15, 0.2) is 54.7 Å². The van der Waals surface area contributed by atoms with Gasteiger partial charge in [-0.2, -0.15) is 0 Å². The largest absolute Gasteiger partial charge is 0.382 e. The SMILES string of the molecule is COC(C)(C)[C@H](c1nc(-c2cc(F)ccc2F)cn1Cc1ccccc1)N1C[C@H]2CCNC2[C@H](O)C1=O. The van der Waals surface area contributed by atoms with Gasteiger partial charge in [-0.05, 0) is 56.5 Å². The minimum atomic E-state index is -1.19. The third kappa shape index (κ3) is 4.79. The topological polar surface area (TPSA) is 79.6 Å². The molecule has 0 radical (unpaired) electrons. The van der Waals surface area contributed by atoms with Crippen LogP contribution in [0.3, 0.4) is 0 Å². The van der Waals surface area contributed by atoms with Crippen molar-refractivity contribution in [3.63, 3.8) is 0 Å². The molecule has 2 aromatic carbocycles. The number of aliphatic hydroxyl groups excluding tert-OH is 1. The second-order valence-corrected chi connectivity index (χ2v) is 10.4. The van der Waals surface area contributed by atoms with Crippen LogP contribution >= 0.6 is 0 Å². The zero-order valence-electron chi connectivity index (χ0n) is 21.2. The lowest BCUT2D eigenvalue weighted by atomic mass is 9.86. The number of nitrogens with one attached hydrogen (secondary N) is 1. The Morgan fingerprint density at radius 1 is 1.22 bits per heavy atom. The van der Waals surface area contributed by atoms with E-state index in [-0.39, 0.29) is 23.2 Å². The highest BCUT2D eigenvalue weighted by molar-refractivity contribution is 5.83. The molecule has 0 saturated carbocycles. The number of piperidine rings is 1. The van der Waals surface area contributed by atoms with E-state index in [9.17, 15) is 18.7 Å². The molecule has 5 rings (SSSR count). The zero-order chi connectivity index (χ0) is 26.3. The van der Waals surface area contributed by atoms with Crippen molar-refractivity contribution in [1.29, 1.82) is 0 Å². The lowest BCUT2D eigenvalue weighted by molar-refractivity contribution is -0.160. The highest BCUT2D eigenvalue weighted by Crippen LogP contribution is 2.40. The van der Waals surface area contributed by atoms with Crippen LogP contribution in [0.4, 0.5) is 8.78 Å². The summed E-state index contributed by atoms with van der Waals surface area (Å²) in [7, 11) is 1.56. The first-order valence-corrected chi connectivity index (χ1v) is 12.5. The predicted molar refractivity (Wildman–Crippen MR) is 135 cm³/mol. The van der Waals surface area contributed by atoms with E-state index in [4.69, 9.17) is 9.72 Å². The fourth-order valence-electron chi connectivity index (χ4n) is 5.57. The van der Waals surface area contributed by atoms with E-state index >= 15 is 0 Å². The van der Waals surface area contributed by atoms with Gasteiger partial charge in [0.2, 0.25) is 0 Å². The Morgan fingerprint density at radius 2 is 1.97 bits per heavy atom. The van der Waals surface area contributed by atoms with Gasteiger partial charge in [0, 0.05) is 38.0 Å². The fraction of sp³-hybridized carbons (Fsp3) is 0.429. The van der Waals surface area contributed by atoms with Crippen molar-refractivity contribution in [2.75, 3.05) is 20.2 Å². The summed E-state index contributed by atoms with van der Waals surface area (Å²) < 4.78 is 36.6. The molecular weight excluding hydrogens is 478 g/mol. The number of aromatic nitrogens is 2. The molecule has 0 aliphatic carbocycles. The number of fused-ring (bicyclic) bond motifs is 1. The number of rotatable bonds is 7. The molecule has 4 atom stereocenters. The van der Waals surface area contributed by atoms with Gasteiger partial charge in [0.05, 0.1) is 11.3 Å². The summed E-state index contributed by atoms with van der Waals surface area (Å²) in [4.78, 5) is 20.0. The van der Waals surface area contributed by atoms with Gasteiger partial charge in [0.25, 0.3) is 5.91 Å². The van der Waals surface area contributed by atoms with Gasteiger partial charge in [-0.3, -0.25) is 4.79 Å². The Bertz CT molecular complexity index is 1280. The molecule has 1 aromatic heterocycles. The van der Waals surface area contributed by atoms with E-state index in [0.717, 1.165) is 36.7 Å². The Balaban J connectivity index is 1.65. The molecule has 2 fully saturated rings. The van der Waals surface area contributed by atoms with Crippen LogP contribution in [0.5, 0.6) is 0 Å². The number of ether oxygens (including phenoxy) is 1. The van der Waals surface area contributed by atoms with Crippen molar-refractivity contribution in [2.24, 2.45) is 5.92 Å². The molecule has 3 heterocycles. The van der Waals surface area contributed by atoms with Crippen molar-refractivity contribution in [3.8, 4) is 11.3 Å². The number of methoxy groups -OCH3 is 1. The summed E-state index contributed by atoms with van der Waals surface area (Å²) >= 11 is 0. The van der Waals surface area contributed by atoms with E-state index in [2.05, 4.69) is 5.32 Å². The number of likely N-dealkylation sites (tertiary alicyclic amines) is 1. The summed E-state index contributed by atoms with van der Waals surface area (Å²) in [6.07, 6.45) is 1.34. The average Bonchev–Trinajstić information content (AvgIpc) is 3.52. The number of imidazole rings is 1. The normalized spacial score (nSPS) is 22.8. The van der Waals surface area contributed by atoms with E-state index < -0.39 is 35.3 Å². The number of amides is 1. The summed E-state index contributed by atoms with van der Waals surface area (Å²) in [5, 5.41) is 14.1. The van der Waals surface area contributed by atoms with Gasteiger partial charge in [0.15, 0.2) is 0 Å². The molecule has 37 heavy (non-hydrogen) atoms. The van der Waals surface area contributed by atoms with Crippen LogP contribution in [0.1, 0.15) is 37.7 Å². The number of nitrogens with zero attached hydrogens (tertiary/aromatic N) is 3. The number of carbonyl (C=O) groups is 1. The van der Waals surface area contributed by atoms with Gasteiger partial charge < -0.3 is 24.6 Å². The maximum Gasteiger partial charge on any atom is 0.253 e. The molecule has 2 aliphatic heterocycles. The minimum Gasteiger partial charge on any atom is -0.382 e. The van der Waals surface area contributed by atoms with Gasteiger partial charge in [0.1, 0.15) is 29.6 Å². The first kappa shape index (κ1) is 25.5. The smallest absolute Gasteiger partial charge is 0.253 e. The van der Waals surface area contributed by atoms with Crippen molar-refractivity contribution < 1.29 is 23.4 Å². The van der Waals surface area contributed by atoms with Crippen molar-refractivity contribution >= 4 is 5.91 Å². The molecule has 0 bridgehead atoms.